The first-order valence-corrected chi connectivity index (χ1v) is 4.31. The lowest BCUT2D eigenvalue weighted by molar-refractivity contribution is 0.309. The van der Waals surface area contributed by atoms with Crippen molar-refractivity contribution in [2.45, 2.75) is 19.8 Å². The van der Waals surface area contributed by atoms with Gasteiger partial charge >= 0.3 is 0 Å². The van der Waals surface area contributed by atoms with Crippen LogP contribution in [0.15, 0.2) is 24.3 Å². The molecule has 1 rings (SSSR count). The topological polar surface area (TPSA) is 9.23 Å². The standard InChI is InChI=1S/C11H14O/c1-3-4-9-12-11-7-5-10(2)6-8-11/h2,5-8H,3-4,9H2,1H3. The van der Waals surface area contributed by atoms with Gasteiger partial charge in [0.15, 0.2) is 0 Å². The van der Waals surface area contributed by atoms with E-state index in [4.69, 9.17) is 11.7 Å². The van der Waals surface area contributed by atoms with E-state index in [1.807, 2.05) is 24.3 Å². The fraction of sp³-hybridized carbons (Fsp3) is 0.364. The SMILES string of the molecule is [CH]c1ccc(OCCCC)cc1. The molecule has 0 bridgehead atoms. The van der Waals surface area contributed by atoms with Crippen molar-refractivity contribution in [3.63, 3.8) is 0 Å². The van der Waals surface area contributed by atoms with Crippen LogP contribution in [0.5, 0.6) is 5.75 Å². The van der Waals surface area contributed by atoms with Crippen LogP contribution in [0.25, 0.3) is 0 Å². The van der Waals surface area contributed by atoms with Crippen molar-refractivity contribution >= 4 is 0 Å². The summed E-state index contributed by atoms with van der Waals surface area (Å²) in [7, 11) is 0. The largest absolute Gasteiger partial charge is 0.494 e. The van der Waals surface area contributed by atoms with Crippen LogP contribution < -0.4 is 4.74 Å². The smallest absolute Gasteiger partial charge is 0.119 e. The Morgan fingerprint density at radius 1 is 1.25 bits per heavy atom. The molecule has 1 nitrogen and oxygen atoms in total. The van der Waals surface area contributed by atoms with Crippen LogP contribution >= 0.6 is 0 Å². The van der Waals surface area contributed by atoms with E-state index in [0.717, 1.165) is 30.8 Å². The van der Waals surface area contributed by atoms with E-state index in [1.165, 1.54) is 0 Å². The zero-order valence-corrected chi connectivity index (χ0v) is 7.42. The van der Waals surface area contributed by atoms with E-state index < -0.39 is 0 Å². The molecule has 0 heterocycles. The average molecular weight is 162 g/mol. The normalized spacial score (nSPS) is 9.83. The first kappa shape index (κ1) is 9.11. The number of benzene rings is 1. The first-order chi connectivity index (χ1) is 5.83. The summed E-state index contributed by atoms with van der Waals surface area (Å²) in [5.74, 6) is 0.901. The summed E-state index contributed by atoms with van der Waals surface area (Å²) in [5.41, 5.74) is 0.776. The molecule has 0 saturated heterocycles. The molecule has 0 aliphatic rings. The molecule has 0 fully saturated rings. The van der Waals surface area contributed by atoms with Gasteiger partial charge < -0.3 is 4.74 Å². The number of rotatable bonds is 4. The molecule has 0 aromatic heterocycles. The molecule has 1 heteroatoms. The van der Waals surface area contributed by atoms with Crippen molar-refractivity contribution in [3.8, 4) is 5.75 Å². The maximum atomic E-state index is 5.53. The minimum absolute atomic E-state index is 0.776. The van der Waals surface area contributed by atoms with E-state index in [-0.39, 0.29) is 0 Å². The summed E-state index contributed by atoms with van der Waals surface area (Å²) in [5, 5.41) is 0. The van der Waals surface area contributed by atoms with Gasteiger partial charge in [0.2, 0.25) is 0 Å². The summed E-state index contributed by atoms with van der Waals surface area (Å²) in [4.78, 5) is 0. The Balaban J connectivity index is 2.37. The van der Waals surface area contributed by atoms with E-state index in [2.05, 4.69) is 6.92 Å². The predicted molar refractivity (Wildman–Crippen MR) is 50.2 cm³/mol. The van der Waals surface area contributed by atoms with Gasteiger partial charge in [0.05, 0.1) is 6.61 Å². The zero-order valence-electron chi connectivity index (χ0n) is 7.42. The van der Waals surface area contributed by atoms with Crippen molar-refractivity contribution in [2.75, 3.05) is 6.61 Å². The minimum Gasteiger partial charge on any atom is -0.494 e. The van der Waals surface area contributed by atoms with Gasteiger partial charge in [0.1, 0.15) is 5.75 Å². The average Bonchev–Trinajstić information content (AvgIpc) is 2.09. The lowest BCUT2D eigenvalue weighted by Crippen LogP contribution is -1.95. The number of ether oxygens (including phenoxy) is 1. The Hall–Kier alpha value is -0.980. The van der Waals surface area contributed by atoms with Gasteiger partial charge in [-0.05, 0) is 31.0 Å². The van der Waals surface area contributed by atoms with Crippen molar-refractivity contribution in [2.24, 2.45) is 0 Å². The van der Waals surface area contributed by atoms with E-state index in [0.29, 0.717) is 0 Å². The molecule has 0 atom stereocenters. The summed E-state index contributed by atoms with van der Waals surface area (Å²) in [6, 6.07) is 7.48. The number of hydrogen-bond acceptors (Lipinski definition) is 1. The first-order valence-electron chi connectivity index (χ1n) is 4.31. The second kappa shape index (κ2) is 4.81. The van der Waals surface area contributed by atoms with Crippen LogP contribution in [0.2, 0.25) is 0 Å². The van der Waals surface area contributed by atoms with Crippen LogP contribution in [0, 0.1) is 6.92 Å². The van der Waals surface area contributed by atoms with Crippen LogP contribution in [0.3, 0.4) is 0 Å². The van der Waals surface area contributed by atoms with Gasteiger partial charge in [-0.2, -0.15) is 0 Å². The Bertz CT molecular complexity index is 213. The molecule has 0 amide bonds. The van der Waals surface area contributed by atoms with E-state index in [9.17, 15) is 0 Å². The van der Waals surface area contributed by atoms with Crippen molar-refractivity contribution in [1.82, 2.24) is 0 Å². The quantitative estimate of drug-likeness (QED) is 0.618. The van der Waals surface area contributed by atoms with Crippen LogP contribution in [0.1, 0.15) is 25.3 Å². The maximum absolute atomic E-state index is 5.53. The Morgan fingerprint density at radius 3 is 2.50 bits per heavy atom. The summed E-state index contributed by atoms with van der Waals surface area (Å²) in [6.45, 7) is 8.46. The number of unbranched alkanes of at least 4 members (excludes halogenated alkanes) is 1. The van der Waals surface area contributed by atoms with Crippen molar-refractivity contribution < 1.29 is 4.74 Å². The fourth-order valence-corrected chi connectivity index (χ4v) is 0.898. The molecule has 0 aliphatic carbocycles. The monoisotopic (exact) mass is 162 g/mol. The summed E-state index contributed by atoms with van der Waals surface area (Å²) < 4.78 is 5.45. The highest BCUT2D eigenvalue weighted by Gasteiger charge is 1.91. The Morgan fingerprint density at radius 2 is 1.92 bits per heavy atom. The summed E-state index contributed by atoms with van der Waals surface area (Å²) in [6.07, 6.45) is 2.26. The van der Waals surface area contributed by atoms with E-state index in [1.54, 1.807) is 0 Å². The molecule has 1 aromatic carbocycles. The van der Waals surface area contributed by atoms with Gasteiger partial charge in [-0.1, -0.05) is 25.5 Å². The Kier molecular flexibility index (Phi) is 3.65. The minimum atomic E-state index is 0.776. The molecule has 0 N–H and O–H groups in total. The van der Waals surface area contributed by atoms with Crippen molar-refractivity contribution in [1.29, 1.82) is 0 Å². The van der Waals surface area contributed by atoms with Gasteiger partial charge in [0, 0.05) is 0 Å². The van der Waals surface area contributed by atoms with Gasteiger partial charge in [0.25, 0.3) is 0 Å². The molecule has 2 radical (unpaired) electrons. The third kappa shape index (κ3) is 2.95. The molecule has 0 unspecified atom stereocenters. The molecule has 12 heavy (non-hydrogen) atoms. The fourth-order valence-electron chi connectivity index (χ4n) is 0.898. The van der Waals surface area contributed by atoms with Gasteiger partial charge in [-0.15, -0.1) is 0 Å². The van der Waals surface area contributed by atoms with E-state index >= 15 is 0 Å². The molecular weight excluding hydrogens is 148 g/mol. The molecule has 0 spiro atoms. The molecule has 0 saturated carbocycles. The third-order valence-corrected chi connectivity index (χ3v) is 1.65. The highest BCUT2D eigenvalue weighted by Crippen LogP contribution is 2.11. The van der Waals surface area contributed by atoms with Crippen LogP contribution in [-0.4, -0.2) is 6.61 Å². The zero-order chi connectivity index (χ0) is 8.81. The molecule has 0 aliphatic heterocycles. The highest BCUT2D eigenvalue weighted by molar-refractivity contribution is 5.28. The molecular formula is C11H14O. The predicted octanol–water partition coefficient (Wildman–Crippen LogP) is 2.92. The second-order valence-electron chi connectivity index (χ2n) is 2.77. The Labute approximate surface area is 74.4 Å². The maximum Gasteiger partial charge on any atom is 0.119 e. The number of hydrogen-bond donors (Lipinski definition) is 0. The second-order valence-corrected chi connectivity index (χ2v) is 2.77. The highest BCUT2D eigenvalue weighted by atomic mass is 16.5. The van der Waals surface area contributed by atoms with Crippen molar-refractivity contribution in [3.05, 3.63) is 36.8 Å². The van der Waals surface area contributed by atoms with Crippen LogP contribution in [-0.2, 0) is 0 Å². The van der Waals surface area contributed by atoms with Crippen LogP contribution in [0.4, 0.5) is 0 Å². The molecule has 1 aromatic rings. The summed E-state index contributed by atoms with van der Waals surface area (Å²) >= 11 is 0. The van der Waals surface area contributed by atoms with Gasteiger partial charge in [-0.25, -0.2) is 0 Å². The van der Waals surface area contributed by atoms with Gasteiger partial charge in [-0.3, -0.25) is 0 Å². The lowest BCUT2D eigenvalue weighted by atomic mass is 10.2. The lowest BCUT2D eigenvalue weighted by Gasteiger charge is -2.04. The third-order valence-electron chi connectivity index (χ3n) is 1.65. The molecule has 64 valence electrons.